The summed E-state index contributed by atoms with van der Waals surface area (Å²) in [5, 5.41) is 0. The van der Waals surface area contributed by atoms with Crippen LogP contribution in [0.25, 0.3) is 0 Å². The first-order valence-corrected chi connectivity index (χ1v) is 8.03. The molecular weight excluding hydrogens is 348 g/mol. The van der Waals surface area contributed by atoms with E-state index in [2.05, 4.69) is 28.1 Å². The topological polar surface area (TPSA) is 46.3 Å². The summed E-state index contributed by atoms with van der Waals surface area (Å²) in [4.78, 5) is 15.3. The largest absolute Gasteiger partial charge is 0.341 e. The summed E-state index contributed by atoms with van der Waals surface area (Å²) in [5.74, 6) is 0.265. The molecule has 1 aromatic rings. The molecule has 2 N–H and O–H groups in total. The minimum Gasteiger partial charge on any atom is -0.341 e. The molecule has 1 aliphatic rings. The quantitative estimate of drug-likeness (QED) is 0.888. The van der Waals surface area contributed by atoms with Crippen molar-refractivity contribution in [3.63, 3.8) is 0 Å². The van der Waals surface area contributed by atoms with E-state index in [4.69, 9.17) is 5.73 Å². The van der Waals surface area contributed by atoms with Crippen molar-refractivity contribution in [1.29, 1.82) is 0 Å². The molecule has 0 saturated carbocycles. The zero-order valence-corrected chi connectivity index (χ0v) is 14.0. The fraction of sp³-hybridized carbons (Fsp3) is 0.615. The van der Waals surface area contributed by atoms with Crippen molar-refractivity contribution >= 4 is 45.6 Å². The van der Waals surface area contributed by atoms with Crippen molar-refractivity contribution in [2.45, 2.75) is 38.1 Å². The number of hydrogen-bond acceptors (Lipinski definition) is 3. The van der Waals surface area contributed by atoms with Gasteiger partial charge >= 0.3 is 0 Å². The maximum absolute atomic E-state index is 12.0. The second kappa shape index (κ2) is 8.25. The Morgan fingerprint density at radius 1 is 1.53 bits per heavy atom. The molecule has 1 fully saturated rings. The first-order chi connectivity index (χ1) is 8.65. The first-order valence-electron chi connectivity index (χ1n) is 6.43. The highest BCUT2D eigenvalue weighted by Crippen LogP contribution is 2.23. The lowest BCUT2D eigenvalue weighted by molar-refractivity contribution is -0.132. The van der Waals surface area contributed by atoms with Crippen LogP contribution in [-0.2, 0) is 11.2 Å². The third-order valence-corrected chi connectivity index (χ3v) is 4.94. The summed E-state index contributed by atoms with van der Waals surface area (Å²) in [6.07, 6.45) is 4.65. The zero-order chi connectivity index (χ0) is 13.0. The number of likely N-dealkylation sites (tertiary alicyclic amines) is 1. The van der Waals surface area contributed by atoms with Crippen LogP contribution in [-0.4, -0.2) is 29.9 Å². The standard InChI is InChI=1S/C13H19BrN2OS.ClH/c14-12-7-6-11(18-12)4-1-5-13(17)16-8-2-3-10(15)9-16;/h6-7,10H,1-5,8-9,15H2;1H. The van der Waals surface area contributed by atoms with Gasteiger partial charge in [-0.15, -0.1) is 23.7 Å². The molecule has 3 nitrogen and oxygen atoms in total. The van der Waals surface area contributed by atoms with Crippen molar-refractivity contribution in [1.82, 2.24) is 4.90 Å². The average Bonchev–Trinajstić information content (AvgIpc) is 2.75. The van der Waals surface area contributed by atoms with E-state index in [-0.39, 0.29) is 24.4 Å². The van der Waals surface area contributed by atoms with Gasteiger partial charge in [-0.05, 0) is 53.7 Å². The number of rotatable bonds is 4. The predicted molar refractivity (Wildman–Crippen MR) is 86.0 cm³/mol. The fourth-order valence-corrected chi connectivity index (χ4v) is 3.82. The van der Waals surface area contributed by atoms with Crippen LogP contribution in [0.3, 0.4) is 0 Å². The second-order valence-electron chi connectivity index (χ2n) is 4.80. The molecule has 6 heteroatoms. The summed E-state index contributed by atoms with van der Waals surface area (Å²) >= 11 is 5.20. The monoisotopic (exact) mass is 366 g/mol. The molecule has 0 aromatic carbocycles. The van der Waals surface area contributed by atoms with E-state index in [0.717, 1.165) is 42.6 Å². The third kappa shape index (κ3) is 5.42. The highest BCUT2D eigenvalue weighted by molar-refractivity contribution is 9.11. The third-order valence-electron chi connectivity index (χ3n) is 3.25. The summed E-state index contributed by atoms with van der Waals surface area (Å²) in [6, 6.07) is 4.36. The summed E-state index contributed by atoms with van der Waals surface area (Å²) in [6.45, 7) is 1.63. The van der Waals surface area contributed by atoms with E-state index in [9.17, 15) is 4.79 Å². The Kier molecular flexibility index (Phi) is 7.36. The molecule has 0 bridgehead atoms. The molecule has 2 heterocycles. The molecule has 1 saturated heterocycles. The molecule has 19 heavy (non-hydrogen) atoms. The highest BCUT2D eigenvalue weighted by Gasteiger charge is 2.20. The van der Waals surface area contributed by atoms with Crippen molar-refractivity contribution in [2.75, 3.05) is 13.1 Å². The number of carbonyl (C=O) groups is 1. The van der Waals surface area contributed by atoms with Gasteiger partial charge in [-0.25, -0.2) is 0 Å². The molecule has 0 aliphatic carbocycles. The van der Waals surface area contributed by atoms with Crippen LogP contribution in [0.4, 0.5) is 0 Å². The lowest BCUT2D eigenvalue weighted by Gasteiger charge is -2.30. The second-order valence-corrected chi connectivity index (χ2v) is 7.35. The molecule has 1 unspecified atom stereocenters. The Morgan fingerprint density at radius 3 is 2.95 bits per heavy atom. The average molecular weight is 368 g/mol. The zero-order valence-electron chi connectivity index (χ0n) is 10.8. The Morgan fingerprint density at radius 2 is 2.32 bits per heavy atom. The minimum absolute atomic E-state index is 0. The van der Waals surface area contributed by atoms with E-state index < -0.39 is 0 Å². The van der Waals surface area contributed by atoms with Gasteiger partial charge in [-0.1, -0.05) is 0 Å². The maximum Gasteiger partial charge on any atom is 0.222 e. The van der Waals surface area contributed by atoms with Crippen molar-refractivity contribution in [3.8, 4) is 0 Å². The van der Waals surface area contributed by atoms with Gasteiger partial charge in [0.15, 0.2) is 0 Å². The normalized spacial score (nSPS) is 19.1. The van der Waals surface area contributed by atoms with Crippen molar-refractivity contribution in [2.24, 2.45) is 5.73 Å². The Hall–Kier alpha value is -0.100. The molecular formula is C13H20BrClN2OS. The van der Waals surface area contributed by atoms with Gasteiger partial charge in [0, 0.05) is 30.4 Å². The van der Waals surface area contributed by atoms with Gasteiger partial charge in [-0.3, -0.25) is 4.79 Å². The van der Waals surface area contributed by atoms with E-state index >= 15 is 0 Å². The summed E-state index contributed by atoms with van der Waals surface area (Å²) in [5.41, 5.74) is 5.89. The Balaban J connectivity index is 0.00000180. The van der Waals surface area contributed by atoms with Crippen LogP contribution in [0.1, 0.15) is 30.6 Å². The van der Waals surface area contributed by atoms with Crippen LogP contribution in [0.15, 0.2) is 15.9 Å². The number of aryl methyl sites for hydroxylation is 1. The number of hydrogen-bond donors (Lipinski definition) is 1. The van der Waals surface area contributed by atoms with Crippen LogP contribution < -0.4 is 5.73 Å². The van der Waals surface area contributed by atoms with Gasteiger partial charge in [-0.2, -0.15) is 0 Å². The number of thiophene rings is 1. The molecule has 0 radical (unpaired) electrons. The van der Waals surface area contributed by atoms with Gasteiger partial charge in [0.05, 0.1) is 3.79 Å². The lowest BCUT2D eigenvalue weighted by Crippen LogP contribution is -2.45. The molecule has 2 rings (SSSR count). The van der Waals surface area contributed by atoms with E-state index in [1.54, 1.807) is 11.3 Å². The number of piperidine rings is 1. The van der Waals surface area contributed by atoms with Crippen molar-refractivity contribution in [3.05, 3.63) is 20.8 Å². The predicted octanol–water partition coefficient (Wildman–Crippen LogP) is 3.20. The Bertz CT molecular complexity index is 413. The molecule has 1 atom stereocenters. The summed E-state index contributed by atoms with van der Waals surface area (Å²) in [7, 11) is 0. The van der Waals surface area contributed by atoms with Crippen LogP contribution in [0, 0.1) is 0 Å². The van der Waals surface area contributed by atoms with E-state index in [0.29, 0.717) is 6.42 Å². The molecule has 1 aromatic heterocycles. The van der Waals surface area contributed by atoms with Crippen molar-refractivity contribution < 1.29 is 4.79 Å². The molecule has 0 spiro atoms. The minimum atomic E-state index is 0. The lowest BCUT2D eigenvalue weighted by atomic mass is 10.1. The fourth-order valence-electron chi connectivity index (χ4n) is 2.29. The number of nitrogens with zero attached hydrogens (tertiary/aromatic N) is 1. The van der Waals surface area contributed by atoms with Gasteiger partial charge < -0.3 is 10.6 Å². The number of nitrogens with two attached hydrogens (primary N) is 1. The molecule has 108 valence electrons. The number of amides is 1. The van der Waals surface area contributed by atoms with Crippen LogP contribution in [0.5, 0.6) is 0 Å². The number of halogens is 2. The van der Waals surface area contributed by atoms with E-state index in [1.807, 2.05) is 4.90 Å². The Labute approximate surface area is 133 Å². The highest BCUT2D eigenvalue weighted by atomic mass is 79.9. The molecule has 1 amide bonds. The van der Waals surface area contributed by atoms with Gasteiger partial charge in [0.25, 0.3) is 0 Å². The maximum atomic E-state index is 12.0. The van der Waals surface area contributed by atoms with E-state index in [1.165, 1.54) is 4.88 Å². The summed E-state index contributed by atoms with van der Waals surface area (Å²) < 4.78 is 1.16. The van der Waals surface area contributed by atoms with Crippen LogP contribution >= 0.6 is 39.7 Å². The van der Waals surface area contributed by atoms with Gasteiger partial charge in [0.2, 0.25) is 5.91 Å². The van der Waals surface area contributed by atoms with Crippen LogP contribution in [0.2, 0.25) is 0 Å². The molecule has 1 aliphatic heterocycles. The van der Waals surface area contributed by atoms with Gasteiger partial charge in [0.1, 0.15) is 0 Å². The SMILES string of the molecule is Cl.NC1CCCN(C(=O)CCCc2ccc(Br)s2)C1. The smallest absolute Gasteiger partial charge is 0.222 e. The first kappa shape index (κ1) is 17.0. The number of carbonyl (C=O) groups excluding carboxylic acids is 1.